The fourth-order valence-electron chi connectivity index (χ4n) is 2.06. The van der Waals surface area contributed by atoms with E-state index in [9.17, 15) is 18.0 Å². The average molecular weight is 294 g/mol. The van der Waals surface area contributed by atoms with Crippen LogP contribution in [0.25, 0.3) is 0 Å². The van der Waals surface area contributed by atoms with E-state index >= 15 is 0 Å². The first-order valence-corrected chi connectivity index (χ1v) is 6.20. The van der Waals surface area contributed by atoms with Crippen LogP contribution in [-0.4, -0.2) is 12.9 Å². The van der Waals surface area contributed by atoms with Crippen LogP contribution in [0.1, 0.15) is 27.0 Å². The number of ketones is 1. The molecule has 0 aliphatic heterocycles. The number of benzene rings is 2. The largest absolute Gasteiger partial charge is 0.496 e. The van der Waals surface area contributed by atoms with E-state index in [2.05, 4.69) is 0 Å². The van der Waals surface area contributed by atoms with Gasteiger partial charge in [0.1, 0.15) is 5.75 Å². The number of alkyl halides is 3. The van der Waals surface area contributed by atoms with Crippen LogP contribution >= 0.6 is 0 Å². The Kier molecular flexibility index (Phi) is 4.02. The van der Waals surface area contributed by atoms with Gasteiger partial charge < -0.3 is 4.74 Å². The predicted octanol–water partition coefficient (Wildman–Crippen LogP) is 4.25. The quantitative estimate of drug-likeness (QED) is 0.791. The standard InChI is InChI=1S/C16H13F3O2/c1-10-7-8-12(14(9-10)21-2)15(20)11-5-3-4-6-13(11)16(17,18)19/h3-9H,1-2H3. The SMILES string of the molecule is COc1cc(C)ccc1C(=O)c1ccccc1C(F)(F)F. The number of rotatable bonds is 3. The van der Waals surface area contributed by atoms with E-state index in [1.807, 2.05) is 0 Å². The zero-order valence-corrected chi connectivity index (χ0v) is 11.5. The second kappa shape index (κ2) is 5.60. The van der Waals surface area contributed by atoms with E-state index in [0.717, 1.165) is 11.6 Å². The predicted molar refractivity (Wildman–Crippen MR) is 72.6 cm³/mol. The van der Waals surface area contributed by atoms with Crippen molar-refractivity contribution in [2.24, 2.45) is 0 Å². The van der Waals surface area contributed by atoms with Crippen LogP contribution in [0.4, 0.5) is 13.2 Å². The Morgan fingerprint density at radius 1 is 1.05 bits per heavy atom. The average Bonchev–Trinajstić information content (AvgIpc) is 2.45. The topological polar surface area (TPSA) is 26.3 Å². The molecule has 5 heteroatoms. The summed E-state index contributed by atoms with van der Waals surface area (Å²) in [7, 11) is 1.38. The number of aryl methyl sites for hydroxylation is 1. The lowest BCUT2D eigenvalue weighted by Gasteiger charge is -2.13. The molecule has 2 nitrogen and oxygen atoms in total. The molecule has 0 amide bonds. The molecular formula is C16H13F3O2. The number of ether oxygens (including phenoxy) is 1. The fraction of sp³-hybridized carbons (Fsp3) is 0.188. The maximum atomic E-state index is 13.0. The maximum Gasteiger partial charge on any atom is 0.417 e. The Bertz CT molecular complexity index is 675. The van der Waals surface area contributed by atoms with Crippen LogP contribution in [0.3, 0.4) is 0 Å². The lowest BCUT2D eigenvalue weighted by Crippen LogP contribution is -2.14. The van der Waals surface area contributed by atoms with Crippen LogP contribution in [-0.2, 0) is 6.18 Å². The van der Waals surface area contributed by atoms with E-state index in [1.54, 1.807) is 19.1 Å². The summed E-state index contributed by atoms with van der Waals surface area (Å²) in [6, 6.07) is 9.48. The lowest BCUT2D eigenvalue weighted by molar-refractivity contribution is -0.137. The summed E-state index contributed by atoms with van der Waals surface area (Å²) in [5, 5.41) is 0. The van der Waals surface area contributed by atoms with Gasteiger partial charge in [0.2, 0.25) is 0 Å². The fourth-order valence-corrected chi connectivity index (χ4v) is 2.06. The molecule has 0 bridgehead atoms. The van der Waals surface area contributed by atoms with Crippen molar-refractivity contribution >= 4 is 5.78 Å². The normalized spacial score (nSPS) is 11.3. The minimum absolute atomic E-state index is 0.111. The second-order valence-electron chi connectivity index (χ2n) is 4.58. The highest BCUT2D eigenvalue weighted by atomic mass is 19.4. The van der Waals surface area contributed by atoms with Gasteiger partial charge in [0.25, 0.3) is 0 Å². The summed E-state index contributed by atoms with van der Waals surface area (Å²) in [5.41, 5.74) is -0.364. The van der Waals surface area contributed by atoms with Gasteiger partial charge in [0.15, 0.2) is 5.78 Å². The second-order valence-corrected chi connectivity index (χ2v) is 4.58. The van der Waals surface area contributed by atoms with Gasteiger partial charge in [-0.3, -0.25) is 4.79 Å². The van der Waals surface area contributed by atoms with Crippen molar-refractivity contribution in [3.8, 4) is 5.75 Å². The number of carbonyl (C=O) groups excluding carboxylic acids is 1. The summed E-state index contributed by atoms with van der Waals surface area (Å²) in [6.07, 6.45) is -4.58. The van der Waals surface area contributed by atoms with Crippen LogP contribution in [0.2, 0.25) is 0 Å². The molecule has 0 fully saturated rings. The van der Waals surface area contributed by atoms with Crippen molar-refractivity contribution in [3.05, 3.63) is 64.7 Å². The van der Waals surface area contributed by atoms with Crippen molar-refractivity contribution in [3.63, 3.8) is 0 Å². The molecule has 0 radical (unpaired) electrons. The van der Waals surface area contributed by atoms with Crippen molar-refractivity contribution in [1.82, 2.24) is 0 Å². The van der Waals surface area contributed by atoms with Crippen molar-refractivity contribution in [1.29, 1.82) is 0 Å². The van der Waals surface area contributed by atoms with Gasteiger partial charge in [0, 0.05) is 5.56 Å². The molecule has 0 unspecified atom stereocenters. The third-order valence-electron chi connectivity index (χ3n) is 3.08. The molecule has 0 heterocycles. The minimum Gasteiger partial charge on any atom is -0.496 e. The lowest BCUT2D eigenvalue weighted by atomic mass is 9.96. The molecule has 21 heavy (non-hydrogen) atoms. The Balaban J connectivity index is 2.56. The summed E-state index contributed by atoms with van der Waals surface area (Å²) < 4.78 is 44.1. The number of hydrogen-bond acceptors (Lipinski definition) is 2. The Labute approximate surface area is 120 Å². The highest BCUT2D eigenvalue weighted by Crippen LogP contribution is 2.34. The molecule has 0 aromatic heterocycles. The third-order valence-corrected chi connectivity index (χ3v) is 3.08. The Morgan fingerprint density at radius 3 is 2.33 bits per heavy atom. The summed E-state index contributed by atoms with van der Waals surface area (Å²) in [5.74, 6) is -0.447. The third kappa shape index (κ3) is 3.07. The van der Waals surface area contributed by atoms with Gasteiger partial charge >= 0.3 is 6.18 Å². The highest BCUT2D eigenvalue weighted by molar-refractivity contribution is 6.11. The smallest absolute Gasteiger partial charge is 0.417 e. The van der Waals surface area contributed by atoms with Gasteiger partial charge in [-0.15, -0.1) is 0 Å². The van der Waals surface area contributed by atoms with Crippen molar-refractivity contribution < 1.29 is 22.7 Å². The first-order chi connectivity index (χ1) is 9.84. The Hall–Kier alpha value is -2.30. The van der Waals surface area contributed by atoms with Crippen molar-refractivity contribution in [2.45, 2.75) is 13.1 Å². The van der Waals surface area contributed by atoms with Gasteiger partial charge in [-0.05, 0) is 30.7 Å². The van der Waals surface area contributed by atoms with Crippen molar-refractivity contribution in [2.75, 3.05) is 7.11 Å². The number of hydrogen-bond donors (Lipinski definition) is 0. The minimum atomic E-state index is -4.58. The van der Waals surface area contributed by atoms with E-state index in [-0.39, 0.29) is 16.9 Å². The molecule has 0 spiro atoms. The monoisotopic (exact) mass is 294 g/mol. The van der Waals surface area contributed by atoms with E-state index in [0.29, 0.717) is 0 Å². The maximum absolute atomic E-state index is 13.0. The van der Waals surface area contributed by atoms with Gasteiger partial charge in [-0.2, -0.15) is 13.2 Å². The number of methoxy groups -OCH3 is 1. The van der Waals surface area contributed by atoms with E-state index in [4.69, 9.17) is 4.74 Å². The molecular weight excluding hydrogens is 281 g/mol. The highest BCUT2D eigenvalue weighted by Gasteiger charge is 2.35. The molecule has 0 N–H and O–H groups in total. The molecule has 0 aliphatic carbocycles. The zero-order chi connectivity index (χ0) is 15.6. The molecule has 2 rings (SSSR count). The van der Waals surface area contributed by atoms with Gasteiger partial charge in [0.05, 0.1) is 18.2 Å². The van der Waals surface area contributed by atoms with Crippen LogP contribution in [0.15, 0.2) is 42.5 Å². The molecule has 0 saturated carbocycles. The van der Waals surface area contributed by atoms with Gasteiger partial charge in [-0.25, -0.2) is 0 Å². The molecule has 110 valence electrons. The van der Waals surface area contributed by atoms with E-state index in [1.165, 1.54) is 31.4 Å². The number of halogens is 3. The summed E-state index contributed by atoms with van der Waals surface area (Å²) in [6.45, 7) is 1.81. The molecule has 0 aliphatic rings. The van der Waals surface area contributed by atoms with E-state index < -0.39 is 17.5 Å². The van der Waals surface area contributed by atoms with Crippen LogP contribution in [0.5, 0.6) is 5.75 Å². The van der Waals surface area contributed by atoms with Crippen LogP contribution in [0, 0.1) is 6.92 Å². The summed E-state index contributed by atoms with van der Waals surface area (Å²) >= 11 is 0. The Morgan fingerprint density at radius 2 is 1.71 bits per heavy atom. The van der Waals surface area contributed by atoms with Crippen LogP contribution < -0.4 is 4.74 Å². The molecule has 2 aromatic carbocycles. The molecule has 2 aromatic rings. The van der Waals surface area contributed by atoms with Gasteiger partial charge in [-0.1, -0.05) is 24.3 Å². The zero-order valence-electron chi connectivity index (χ0n) is 11.5. The molecule has 0 saturated heterocycles. The number of carbonyl (C=O) groups is 1. The first-order valence-electron chi connectivity index (χ1n) is 6.20. The molecule has 0 atom stereocenters. The summed E-state index contributed by atoms with van der Waals surface area (Å²) in [4.78, 5) is 12.4. The first kappa shape index (κ1) is 15.1.